The highest BCUT2D eigenvalue weighted by atomic mass is 35.5. The van der Waals surface area contributed by atoms with Gasteiger partial charge in [-0.25, -0.2) is 0 Å². The molecule has 1 aromatic rings. The van der Waals surface area contributed by atoms with E-state index in [9.17, 15) is 22.0 Å². The fourth-order valence-corrected chi connectivity index (χ4v) is 1.67. The van der Waals surface area contributed by atoms with Gasteiger partial charge in [0.15, 0.2) is 0 Å². The zero-order chi connectivity index (χ0) is 13.8. The lowest BCUT2D eigenvalue weighted by Crippen LogP contribution is -2.12. The summed E-state index contributed by atoms with van der Waals surface area (Å²) < 4.78 is 66.5. The maximum absolute atomic E-state index is 12.7. The molecule has 1 nitrogen and oxygen atoms in total. The number of hydrogen-bond donors (Lipinski definition) is 0. The molecular formula is C11H10ClF5O. The van der Waals surface area contributed by atoms with Gasteiger partial charge in [0.25, 0.3) is 0 Å². The summed E-state index contributed by atoms with van der Waals surface area (Å²) in [6.07, 6.45) is -4.43. The van der Waals surface area contributed by atoms with Crippen LogP contribution < -0.4 is 4.74 Å². The fourth-order valence-electron chi connectivity index (χ4n) is 1.54. The van der Waals surface area contributed by atoms with E-state index < -0.39 is 24.1 Å². The van der Waals surface area contributed by atoms with Crippen LogP contribution in [0.3, 0.4) is 0 Å². The first-order chi connectivity index (χ1) is 8.36. The minimum atomic E-state index is -4.61. The van der Waals surface area contributed by atoms with E-state index in [1.54, 1.807) is 0 Å². The van der Waals surface area contributed by atoms with Crippen molar-refractivity contribution in [3.63, 3.8) is 0 Å². The normalized spacial score (nSPS) is 11.9. The van der Waals surface area contributed by atoms with Crippen LogP contribution in [0.15, 0.2) is 18.2 Å². The number of rotatable bonds is 5. The van der Waals surface area contributed by atoms with E-state index >= 15 is 0 Å². The lowest BCUT2D eigenvalue weighted by molar-refractivity contribution is -0.138. The Kier molecular flexibility index (Phi) is 5.19. The Bertz CT molecular complexity index is 392. The molecular weight excluding hydrogens is 279 g/mol. The van der Waals surface area contributed by atoms with Gasteiger partial charge < -0.3 is 4.74 Å². The van der Waals surface area contributed by atoms with Crippen LogP contribution in [-0.2, 0) is 12.6 Å². The largest absolute Gasteiger partial charge is 0.435 e. The first-order valence-corrected chi connectivity index (χ1v) is 5.59. The molecule has 1 aromatic carbocycles. The standard InChI is InChI=1S/C11H10ClF5O/c12-6-2-3-7-8(11(15,16)17)4-1-5-9(7)18-10(13)14/h1,4-5,10H,2-3,6H2. The Labute approximate surface area is 106 Å². The molecule has 0 radical (unpaired) electrons. The van der Waals surface area contributed by atoms with E-state index in [4.69, 9.17) is 11.6 Å². The first-order valence-electron chi connectivity index (χ1n) is 5.06. The quantitative estimate of drug-likeness (QED) is 0.573. The Morgan fingerprint density at radius 3 is 2.39 bits per heavy atom. The molecule has 0 fully saturated rings. The maximum Gasteiger partial charge on any atom is 0.416 e. The summed E-state index contributed by atoms with van der Waals surface area (Å²) in [5.74, 6) is -0.315. The first kappa shape index (κ1) is 15.0. The highest BCUT2D eigenvalue weighted by Gasteiger charge is 2.34. The Morgan fingerprint density at radius 1 is 1.22 bits per heavy atom. The minimum Gasteiger partial charge on any atom is -0.435 e. The van der Waals surface area contributed by atoms with E-state index in [0.717, 1.165) is 18.2 Å². The number of benzene rings is 1. The van der Waals surface area contributed by atoms with Gasteiger partial charge in [-0.1, -0.05) is 6.07 Å². The summed E-state index contributed by atoms with van der Waals surface area (Å²) in [6.45, 7) is -3.16. The third-order valence-corrected chi connectivity index (χ3v) is 2.48. The second-order valence-corrected chi connectivity index (χ2v) is 3.83. The summed E-state index contributed by atoms with van der Waals surface area (Å²) >= 11 is 5.41. The fraction of sp³-hybridized carbons (Fsp3) is 0.455. The molecule has 0 saturated heterocycles. The predicted molar refractivity (Wildman–Crippen MR) is 57.1 cm³/mol. The Morgan fingerprint density at radius 2 is 1.89 bits per heavy atom. The summed E-state index contributed by atoms with van der Waals surface area (Å²) in [6, 6.07) is 2.96. The second kappa shape index (κ2) is 6.22. The van der Waals surface area contributed by atoms with Crippen molar-refractivity contribution in [1.82, 2.24) is 0 Å². The van der Waals surface area contributed by atoms with Crippen molar-refractivity contribution in [2.45, 2.75) is 25.6 Å². The van der Waals surface area contributed by atoms with Gasteiger partial charge in [-0.05, 0) is 25.0 Å². The summed E-state index contributed by atoms with van der Waals surface area (Å²) in [7, 11) is 0. The molecule has 7 heteroatoms. The molecule has 0 aliphatic rings. The molecule has 0 heterocycles. The molecule has 0 amide bonds. The van der Waals surface area contributed by atoms with Gasteiger partial charge in [0.1, 0.15) is 5.75 Å². The molecule has 0 aromatic heterocycles. The highest BCUT2D eigenvalue weighted by Crippen LogP contribution is 2.37. The molecule has 0 spiro atoms. The number of hydrogen-bond acceptors (Lipinski definition) is 1. The van der Waals surface area contributed by atoms with Crippen molar-refractivity contribution in [2.24, 2.45) is 0 Å². The van der Waals surface area contributed by atoms with E-state index in [-0.39, 0.29) is 24.3 Å². The van der Waals surface area contributed by atoms with Crippen molar-refractivity contribution in [3.8, 4) is 5.75 Å². The lowest BCUT2D eigenvalue weighted by Gasteiger charge is -2.16. The lowest BCUT2D eigenvalue weighted by atomic mass is 10.0. The summed E-state index contributed by atoms with van der Waals surface area (Å²) in [4.78, 5) is 0. The van der Waals surface area contributed by atoms with Crippen molar-refractivity contribution in [1.29, 1.82) is 0 Å². The highest BCUT2D eigenvalue weighted by molar-refractivity contribution is 6.17. The van der Waals surface area contributed by atoms with Crippen molar-refractivity contribution >= 4 is 11.6 Å². The monoisotopic (exact) mass is 288 g/mol. The third kappa shape index (κ3) is 4.01. The van der Waals surface area contributed by atoms with E-state index in [1.807, 2.05) is 0 Å². The van der Waals surface area contributed by atoms with Gasteiger partial charge in [-0.3, -0.25) is 0 Å². The average Bonchev–Trinajstić information content (AvgIpc) is 2.25. The minimum absolute atomic E-state index is 0.0682. The van der Waals surface area contributed by atoms with Gasteiger partial charge in [0.05, 0.1) is 5.56 Å². The van der Waals surface area contributed by atoms with Crippen LogP contribution in [0.1, 0.15) is 17.5 Å². The van der Waals surface area contributed by atoms with Gasteiger partial charge in [0, 0.05) is 11.4 Å². The maximum atomic E-state index is 12.7. The molecule has 1 rings (SSSR count). The topological polar surface area (TPSA) is 9.23 Å². The smallest absolute Gasteiger partial charge is 0.416 e. The zero-order valence-corrected chi connectivity index (χ0v) is 9.86. The van der Waals surface area contributed by atoms with E-state index in [0.29, 0.717) is 0 Å². The van der Waals surface area contributed by atoms with Gasteiger partial charge in [-0.2, -0.15) is 22.0 Å². The Hall–Kier alpha value is -1.04. The van der Waals surface area contributed by atoms with Gasteiger partial charge >= 0.3 is 12.8 Å². The number of halogens is 6. The second-order valence-electron chi connectivity index (χ2n) is 3.45. The Balaban J connectivity index is 3.17. The van der Waals surface area contributed by atoms with Crippen molar-refractivity contribution in [3.05, 3.63) is 29.3 Å². The molecule has 0 aliphatic carbocycles. The molecule has 0 N–H and O–H groups in total. The predicted octanol–water partition coefficient (Wildman–Crippen LogP) is 4.48. The summed E-state index contributed by atoms with van der Waals surface area (Å²) in [5.41, 5.74) is -1.25. The van der Waals surface area contributed by atoms with Crippen LogP contribution in [0.4, 0.5) is 22.0 Å². The van der Waals surface area contributed by atoms with Crippen LogP contribution in [0, 0.1) is 0 Å². The van der Waals surface area contributed by atoms with Gasteiger partial charge in [-0.15, -0.1) is 11.6 Å². The zero-order valence-electron chi connectivity index (χ0n) is 9.11. The van der Waals surface area contributed by atoms with Crippen LogP contribution in [0.25, 0.3) is 0 Å². The average molecular weight is 289 g/mol. The molecule has 18 heavy (non-hydrogen) atoms. The number of alkyl halides is 6. The molecule has 0 saturated carbocycles. The van der Waals surface area contributed by atoms with Gasteiger partial charge in [0.2, 0.25) is 0 Å². The van der Waals surface area contributed by atoms with Crippen molar-refractivity contribution in [2.75, 3.05) is 5.88 Å². The molecule has 102 valence electrons. The SMILES string of the molecule is FC(F)Oc1cccc(C(F)(F)F)c1CCCCl. The van der Waals surface area contributed by atoms with Crippen LogP contribution in [0.2, 0.25) is 0 Å². The molecule has 0 unspecified atom stereocenters. The molecule has 0 bridgehead atoms. The van der Waals surface area contributed by atoms with Crippen LogP contribution >= 0.6 is 11.6 Å². The van der Waals surface area contributed by atoms with E-state index in [2.05, 4.69) is 4.74 Å². The van der Waals surface area contributed by atoms with Crippen molar-refractivity contribution < 1.29 is 26.7 Å². The summed E-state index contributed by atoms with van der Waals surface area (Å²) in [5, 5.41) is 0. The van der Waals surface area contributed by atoms with Crippen LogP contribution in [-0.4, -0.2) is 12.5 Å². The molecule has 0 atom stereocenters. The van der Waals surface area contributed by atoms with Crippen LogP contribution in [0.5, 0.6) is 5.75 Å². The third-order valence-electron chi connectivity index (χ3n) is 2.21. The van der Waals surface area contributed by atoms with E-state index in [1.165, 1.54) is 0 Å². The number of ether oxygens (including phenoxy) is 1. The molecule has 0 aliphatic heterocycles.